The molecule has 0 spiro atoms. The molecule has 2 N–H and O–H groups in total. The minimum Gasteiger partial charge on any atom is -0.491 e. The first-order valence-electron chi connectivity index (χ1n) is 9.55. The first kappa shape index (κ1) is 20.6. The van der Waals surface area contributed by atoms with Crippen molar-refractivity contribution in [2.75, 3.05) is 43.5 Å². The van der Waals surface area contributed by atoms with Crippen LogP contribution in [0.5, 0.6) is 5.75 Å². The van der Waals surface area contributed by atoms with Gasteiger partial charge in [0.05, 0.1) is 31.2 Å². The molecule has 152 valence electrons. The van der Waals surface area contributed by atoms with Crippen molar-refractivity contribution in [3.63, 3.8) is 0 Å². The van der Waals surface area contributed by atoms with Gasteiger partial charge in [0.1, 0.15) is 5.75 Å². The monoisotopic (exact) mass is 404 g/mol. The minimum atomic E-state index is -0.328. The minimum absolute atomic E-state index is 0.328. The van der Waals surface area contributed by atoms with Crippen molar-refractivity contribution in [3.05, 3.63) is 34.8 Å². The van der Waals surface area contributed by atoms with E-state index in [1.165, 1.54) is 11.3 Å². The lowest BCUT2D eigenvalue weighted by Crippen LogP contribution is -2.35. The number of carbonyl (C=O) groups is 1. The quantitative estimate of drug-likeness (QED) is 0.730. The number of nitrogens with zero attached hydrogens (tertiary/aromatic N) is 2. The highest BCUT2D eigenvalue weighted by atomic mass is 32.1. The van der Waals surface area contributed by atoms with Crippen LogP contribution in [0.4, 0.5) is 15.6 Å². The number of aromatic nitrogens is 1. The van der Waals surface area contributed by atoms with Gasteiger partial charge in [-0.2, -0.15) is 0 Å². The fourth-order valence-corrected chi connectivity index (χ4v) is 3.48. The number of rotatable bonds is 7. The molecule has 0 radical (unpaired) electrons. The van der Waals surface area contributed by atoms with Crippen molar-refractivity contribution in [1.29, 1.82) is 0 Å². The predicted octanol–water partition coefficient (Wildman–Crippen LogP) is 3.96. The molecular weight excluding hydrogens is 376 g/mol. The normalized spacial score (nSPS) is 14.9. The smallest absolute Gasteiger partial charge is 0.325 e. The molecule has 2 aromatic rings. The lowest BCUT2D eigenvalue weighted by atomic mass is 10.2. The summed E-state index contributed by atoms with van der Waals surface area (Å²) in [7, 11) is 0. The van der Waals surface area contributed by atoms with Gasteiger partial charge < -0.3 is 14.8 Å². The maximum absolute atomic E-state index is 12.4. The van der Waals surface area contributed by atoms with Crippen LogP contribution in [0.3, 0.4) is 0 Å². The molecule has 3 rings (SSSR count). The molecule has 2 amide bonds. The van der Waals surface area contributed by atoms with Gasteiger partial charge in [-0.15, -0.1) is 11.3 Å². The molecule has 0 bridgehead atoms. The number of anilines is 2. The van der Waals surface area contributed by atoms with Gasteiger partial charge in [-0.25, -0.2) is 9.78 Å². The molecule has 1 aromatic heterocycles. The number of morpholine rings is 1. The summed E-state index contributed by atoms with van der Waals surface area (Å²) in [5.41, 5.74) is 2.68. The van der Waals surface area contributed by atoms with Crippen LogP contribution in [-0.4, -0.2) is 48.8 Å². The fourth-order valence-electron chi connectivity index (χ4n) is 2.78. The third-order valence-corrected chi connectivity index (χ3v) is 5.03. The number of ether oxygens (including phenoxy) is 2. The summed E-state index contributed by atoms with van der Waals surface area (Å²) < 4.78 is 11.2. The zero-order valence-electron chi connectivity index (χ0n) is 16.7. The summed E-state index contributed by atoms with van der Waals surface area (Å²) in [6.07, 6.45) is 0. The Morgan fingerprint density at radius 1 is 1.32 bits per heavy atom. The molecule has 1 fully saturated rings. The predicted molar refractivity (Wildman–Crippen MR) is 112 cm³/mol. The molecule has 1 aliphatic rings. The summed E-state index contributed by atoms with van der Waals surface area (Å²) in [5, 5.41) is 8.24. The van der Waals surface area contributed by atoms with Gasteiger partial charge in [0, 0.05) is 25.0 Å². The number of nitrogens with one attached hydrogen (secondary N) is 2. The molecule has 7 nitrogen and oxygen atoms in total. The van der Waals surface area contributed by atoms with Crippen LogP contribution in [0.15, 0.2) is 23.6 Å². The first-order valence-corrected chi connectivity index (χ1v) is 10.4. The average molecular weight is 405 g/mol. The van der Waals surface area contributed by atoms with E-state index in [2.05, 4.69) is 34.4 Å². The Morgan fingerprint density at radius 3 is 2.86 bits per heavy atom. The Morgan fingerprint density at radius 2 is 2.11 bits per heavy atom. The topological polar surface area (TPSA) is 75.7 Å². The molecule has 1 aliphatic heterocycles. The number of thiazole rings is 1. The highest BCUT2D eigenvalue weighted by molar-refractivity contribution is 7.13. The van der Waals surface area contributed by atoms with E-state index in [0.29, 0.717) is 29.1 Å². The number of hydrogen-bond donors (Lipinski definition) is 2. The van der Waals surface area contributed by atoms with Crippen LogP contribution in [0.25, 0.3) is 0 Å². The Hall–Kier alpha value is -2.16. The summed E-state index contributed by atoms with van der Waals surface area (Å²) >= 11 is 1.43. The van der Waals surface area contributed by atoms with Crippen LogP contribution in [0, 0.1) is 12.8 Å². The Kier molecular flexibility index (Phi) is 7.24. The molecule has 0 aliphatic carbocycles. The van der Waals surface area contributed by atoms with Crippen LogP contribution >= 0.6 is 11.3 Å². The van der Waals surface area contributed by atoms with Gasteiger partial charge >= 0.3 is 6.03 Å². The van der Waals surface area contributed by atoms with Crippen molar-refractivity contribution in [1.82, 2.24) is 9.88 Å². The van der Waals surface area contributed by atoms with E-state index in [-0.39, 0.29) is 6.03 Å². The fraction of sp³-hybridized carbons (Fsp3) is 0.500. The van der Waals surface area contributed by atoms with E-state index < -0.39 is 0 Å². The number of aryl methyl sites for hydroxylation is 1. The number of urea groups is 1. The summed E-state index contributed by atoms with van der Waals surface area (Å²) in [6.45, 7) is 10.9. The van der Waals surface area contributed by atoms with E-state index in [4.69, 9.17) is 9.47 Å². The molecular formula is C20H28N4O3S. The molecule has 28 heavy (non-hydrogen) atoms. The van der Waals surface area contributed by atoms with Crippen molar-refractivity contribution in [2.24, 2.45) is 5.92 Å². The first-order chi connectivity index (χ1) is 13.5. The van der Waals surface area contributed by atoms with E-state index >= 15 is 0 Å². The van der Waals surface area contributed by atoms with Gasteiger partial charge in [0.2, 0.25) is 0 Å². The van der Waals surface area contributed by atoms with Crippen LogP contribution in [-0.2, 0) is 11.3 Å². The van der Waals surface area contributed by atoms with Gasteiger partial charge in [-0.1, -0.05) is 19.9 Å². The molecule has 1 saturated heterocycles. The van der Waals surface area contributed by atoms with E-state index in [1.54, 1.807) is 0 Å². The number of benzene rings is 1. The van der Waals surface area contributed by atoms with Crippen LogP contribution in [0.1, 0.15) is 25.1 Å². The average Bonchev–Trinajstić information content (AvgIpc) is 3.09. The molecule has 8 heteroatoms. The number of amides is 2. The lowest BCUT2D eigenvalue weighted by Gasteiger charge is -2.25. The maximum Gasteiger partial charge on any atom is 0.325 e. The SMILES string of the molecule is Cc1ccc(NC(=O)Nc2nc(CN3CCOCC3)cs2)c(OCC(C)C)c1. The van der Waals surface area contributed by atoms with Crippen molar-refractivity contribution in [2.45, 2.75) is 27.3 Å². The maximum atomic E-state index is 12.4. The Labute approximate surface area is 170 Å². The Balaban J connectivity index is 1.57. The van der Waals surface area contributed by atoms with Crippen molar-refractivity contribution < 1.29 is 14.3 Å². The zero-order valence-corrected chi connectivity index (χ0v) is 17.5. The van der Waals surface area contributed by atoms with Gasteiger partial charge in [-0.05, 0) is 30.5 Å². The number of carbonyl (C=O) groups excluding carboxylic acids is 1. The highest BCUT2D eigenvalue weighted by Crippen LogP contribution is 2.27. The van der Waals surface area contributed by atoms with E-state index in [9.17, 15) is 4.79 Å². The summed E-state index contributed by atoms with van der Waals surface area (Å²) in [5.74, 6) is 1.08. The standard InChI is InChI=1S/C20H28N4O3S/c1-14(2)12-27-18-10-15(3)4-5-17(18)22-19(25)23-20-21-16(13-28-20)11-24-6-8-26-9-7-24/h4-5,10,13-14H,6-9,11-12H2,1-3H3,(H2,21,22,23,25). The zero-order chi connectivity index (χ0) is 19.9. The molecule has 0 unspecified atom stereocenters. The third-order valence-electron chi connectivity index (χ3n) is 4.22. The van der Waals surface area contributed by atoms with Crippen LogP contribution in [0.2, 0.25) is 0 Å². The van der Waals surface area contributed by atoms with Gasteiger partial charge in [-0.3, -0.25) is 10.2 Å². The van der Waals surface area contributed by atoms with Crippen LogP contribution < -0.4 is 15.4 Å². The third kappa shape index (κ3) is 6.19. The Bertz CT molecular complexity index is 788. The second kappa shape index (κ2) is 9.86. The molecule has 0 atom stereocenters. The highest BCUT2D eigenvalue weighted by Gasteiger charge is 2.14. The summed E-state index contributed by atoms with van der Waals surface area (Å²) in [6, 6.07) is 5.41. The molecule has 0 saturated carbocycles. The van der Waals surface area contributed by atoms with Gasteiger partial charge in [0.15, 0.2) is 5.13 Å². The molecule has 2 heterocycles. The van der Waals surface area contributed by atoms with Gasteiger partial charge in [0.25, 0.3) is 0 Å². The second-order valence-corrected chi connectivity index (χ2v) is 8.17. The lowest BCUT2D eigenvalue weighted by molar-refractivity contribution is 0.0337. The van der Waals surface area contributed by atoms with Crippen molar-refractivity contribution >= 4 is 28.2 Å². The van der Waals surface area contributed by atoms with Crippen molar-refractivity contribution in [3.8, 4) is 5.75 Å². The second-order valence-electron chi connectivity index (χ2n) is 7.32. The summed E-state index contributed by atoms with van der Waals surface area (Å²) in [4.78, 5) is 19.2. The number of hydrogen-bond acceptors (Lipinski definition) is 6. The van der Waals surface area contributed by atoms with E-state index in [1.807, 2.05) is 30.5 Å². The molecule has 1 aromatic carbocycles. The van der Waals surface area contributed by atoms with E-state index in [0.717, 1.165) is 44.1 Å². The largest absolute Gasteiger partial charge is 0.491 e.